The molecule has 2 aromatic heterocycles. The Morgan fingerprint density at radius 3 is 1.62 bits per heavy atom. The van der Waals surface area contributed by atoms with Crippen LogP contribution >= 0.6 is 0 Å². The van der Waals surface area contributed by atoms with Crippen molar-refractivity contribution < 1.29 is 4.42 Å². The van der Waals surface area contributed by atoms with E-state index in [-0.39, 0.29) is 0 Å². The fourth-order valence-corrected chi connectivity index (χ4v) is 9.30. The first-order valence-electron chi connectivity index (χ1n) is 20.8. The monoisotopic (exact) mass is 778 g/mol. The molecule has 0 fully saturated rings. The third-order valence-corrected chi connectivity index (χ3v) is 12.2. The largest absolute Gasteiger partial charge is 0.455 e. The van der Waals surface area contributed by atoms with E-state index in [1.165, 1.54) is 38.2 Å². The summed E-state index contributed by atoms with van der Waals surface area (Å²) < 4.78 is 9.34. The predicted octanol–water partition coefficient (Wildman–Crippen LogP) is 16.3. The SMILES string of the molecule is c1ccc(-c2ccc(-c3ccc(N(c4ccccc4-n4c5ccccc5c5ccccc54)c4ccc(-c5ccc6ccccc6c5)c5oc6ccccc6c45)cc3)cc2)cc1. The summed E-state index contributed by atoms with van der Waals surface area (Å²) in [5, 5.41) is 7.01. The van der Waals surface area contributed by atoms with E-state index in [1.54, 1.807) is 0 Å². The number of hydrogen-bond donors (Lipinski definition) is 0. The Labute approximate surface area is 353 Å². The van der Waals surface area contributed by atoms with Crippen LogP contribution in [0.1, 0.15) is 0 Å². The van der Waals surface area contributed by atoms with E-state index in [2.05, 4.69) is 240 Å². The third-order valence-electron chi connectivity index (χ3n) is 12.2. The van der Waals surface area contributed by atoms with Crippen LogP contribution in [0.4, 0.5) is 17.1 Å². The highest BCUT2D eigenvalue weighted by Gasteiger charge is 2.25. The van der Waals surface area contributed by atoms with Gasteiger partial charge in [0.25, 0.3) is 0 Å². The molecule has 61 heavy (non-hydrogen) atoms. The van der Waals surface area contributed by atoms with Gasteiger partial charge in [0, 0.05) is 27.4 Å². The minimum atomic E-state index is 0.858. The zero-order valence-electron chi connectivity index (χ0n) is 33.2. The highest BCUT2D eigenvalue weighted by Crippen LogP contribution is 2.48. The van der Waals surface area contributed by atoms with E-state index >= 15 is 0 Å². The molecule has 0 radical (unpaired) electrons. The summed E-state index contributed by atoms with van der Waals surface area (Å²) in [7, 11) is 0. The molecule has 2 heterocycles. The highest BCUT2D eigenvalue weighted by atomic mass is 16.3. The molecule has 3 nitrogen and oxygen atoms in total. The maximum Gasteiger partial charge on any atom is 0.145 e. The Balaban J connectivity index is 1.09. The molecule has 0 saturated carbocycles. The smallest absolute Gasteiger partial charge is 0.145 e. The molecule has 0 unspecified atom stereocenters. The van der Waals surface area contributed by atoms with Crippen molar-refractivity contribution in [3.8, 4) is 39.1 Å². The van der Waals surface area contributed by atoms with Crippen LogP contribution in [0.3, 0.4) is 0 Å². The Bertz CT molecular complexity index is 3520. The normalized spacial score (nSPS) is 11.6. The molecular formula is C58H38N2O. The summed E-state index contributed by atoms with van der Waals surface area (Å²) in [5.74, 6) is 0. The zero-order valence-corrected chi connectivity index (χ0v) is 33.2. The lowest BCUT2D eigenvalue weighted by Crippen LogP contribution is -2.13. The zero-order chi connectivity index (χ0) is 40.3. The molecule has 0 aliphatic heterocycles. The van der Waals surface area contributed by atoms with Gasteiger partial charge in [0.15, 0.2) is 0 Å². The van der Waals surface area contributed by atoms with E-state index in [9.17, 15) is 0 Å². The minimum Gasteiger partial charge on any atom is -0.455 e. The van der Waals surface area contributed by atoms with Gasteiger partial charge >= 0.3 is 0 Å². The lowest BCUT2D eigenvalue weighted by Gasteiger charge is -2.29. The number of aromatic nitrogens is 1. The maximum absolute atomic E-state index is 6.92. The third kappa shape index (κ3) is 5.82. The summed E-state index contributed by atoms with van der Waals surface area (Å²) in [6, 6.07) is 82.9. The number of benzene rings is 10. The lowest BCUT2D eigenvalue weighted by molar-refractivity contribution is 0.670. The number of fused-ring (bicyclic) bond motifs is 7. The van der Waals surface area contributed by atoms with Crippen LogP contribution in [0.15, 0.2) is 235 Å². The number of rotatable bonds is 7. The second-order valence-corrected chi connectivity index (χ2v) is 15.7. The summed E-state index contributed by atoms with van der Waals surface area (Å²) in [6.45, 7) is 0. The first kappa shape index (κ1) is 34.9. The Morgan fingerprint density at radius 1 is 0.361 bits per heavy atom. The number of anilines is 3. The van der Waals surface area contributed by atoms with E-state index < -0.39 is 0 Å². The predicted molar refractivity (Wildman–Crippen MR) is 257 cm³/mol. The van der Waals surface area contributed by atoms with Crippen LogP contribution in [0.5, 0.6) is 0 Å². The van der Waals surface area contributed by atoms with E-state index in [0.717, 1.165) is 72.4 Å². The summed E-state index contributed by atoms with van der Waals surface area (Å²) >= 11 is 0. The Morgan fingerprint density at radius 2 is 0.902 bits per heavy atom. The van der Waals surface area contributed by atoms with Gasteiger partial charge in [0.1, 0.15) is 11.2 Å². The van der Waals surface area contributed by atoms with Crippen LogP contribution in [0.2, 0.25) is 0 Å². The van der Waals surface area contributed by atoms with E-state index in [4.69, 9.17) is 4.42 Å². The topological polar surface area (TPSA) is 21.3 Å². The second kappa shape index (κ2) is 14.3. The van der Waals surface area contributed by atoms with Gasteiger partial charge in [-0.15, -0.1) is 0 Å². The van der Waals surface area contributed by atoms with Gasteiger partial charge in [-0.3, -0.25) is 0 Å². The Hall–Kier alpha value is -8.14. The average Bonchev–Trinajstić information content (AvgIpc) is 3.89. The van der Waals surface area contributed by atoms with Crippen molar-refractivity contribution in [3.63, 3.8) is 0 Å². The van der Waals surface area contributed by atoms with Crippen LogP contribution in [0.25, 0.3) is 93.6 Å². The minimum absolute atomic E-state index is 0.858. The lowest BCUT2D eigenvalue weighted by atomic mass is 9.97. The molecule has 3 heteroatoms. The van der Waals surface area contributed by atoms with Crippen molar-refractivity contribution in [2.75, 3.05) is 4.90 Å². The second-order valence-electron chi connectivity index (χ2n) is 15.7. The molecule has 0 bridgehead atoms. The van der Waals surface area contributed by atoms with Crippen LogP contribution < -0.4 is 4.90 Å². The molecule has 0 saturated heterocycles. The van der Waals surface area contributed by atoms with Crippen LogP contribution in [0, 0.1) is 0 Å². The van der Waals surface area contributed by atoms with Gasteiger partial charge in [0.05, 0.1) is 33.5 Å². The number of nitrogens with zero attached hydrogens (tertiary/aromatic N) is 2. The quantitative estimate of drug-likeness (QED) is 0.161. The number of furan rings is 1. The van der Waals surface area contributed by atoms with Gasteiger partial charge in [0.2, 0.25) is 0 Å². The molecule has 0 aliphatic carbocycles. The molecule has 286 valence electrons. The summed E-state index contributed by atoms with van der Waals surface area (Å²) in [6.07, 6.45) is 0. The standard InChI is InChI=1S/C58H38N2O/c1-2-14-39(15-3-1)41-26-28-42(29-27-41)43-32-34-46(35-33-43)59(53-23-11-12-24-54(53)60-51-21-9-6-18-48(51)49-19-7-10-22-52(49)60)55-37-36-47(45-31-30-40-16-4-5-17-44(40)38-45)58-57(55)50-20-8-13-25-56(50)61-58/h1-38H. The van der Waals surface area contributed by atoms with Crippen molar-refractivity contribution in [2.24, 2.45) is 0 Å². The van der Waals surface area contributed by atoms with E-state index in [0.29, 0.717) is 0 Å². The number of para-hydroxylation sites is 5. The molecule has 10 aromatic carbocycles. The molecule has 12 aromatic rings. The molecular weight excluding hydrogens is 741 g/mol. The molecule has 0 atom stereocenters. The summed E-state index contributed by atoms with van der Waals surface area (Å²) in [4.78, 5) is 2.43. The fourth-order valence-electron chi connectivity index (χ4n) is 9.30. The summed E-state index contributed by atoms with van der Waals surface area (Å²) in [5.41, 5.74) is 15.2. The van der Waals surface area contributed by atoms with Crippen LogP contribution in [-0.2, 0) is 0 Å². The average molecular weight is 779 g/mol. The van der Waals surface area contributed by atoms with Gasteiger partial charge in [-0.05, 0) is 99.3 Å². The van der Waals surface area contributed by atoms with Crippen LogP contribution in [-0.4, -0.2) is 4.57 Å². The van der Waals surface area contributed by atoms with Gasteiger partial charge in [-0.25, -0.2) is 0 Å². The highest BCUT2D eigenvalue weighted by molar-refractivity contribution is 6.18. The van der Waals surface area contributed by atoms with Gasteiger partial charge in [-0.1, -0.05) is 170 Å². The van der Waals surface area contributed by atoms with E-state index in [1.807, 2.05) is 0 Å². The maximum atomic E-state index is 6.92. The van der Waals surface area contributed by atoms with Gasteiger partial charge in [-0.2, -0.15) is 0 Å². The first-order valence-corrected chi connectivity index (χ1v) is 20.8. The van der Waals surface area contributed by atoms with Crippen molar-refractivity contribution >= 4 is 71.6 Å². The molecule has 0 aliphatic rings. The number of hydrogen-bond acceptors (Lipinski definition) is 2. The molecule has 0 N–H and O–H groups in total. The Kier molecular flexibility index (Phi) is 8.17. The van der Waals surface area contributed by atoms with Crippen molar-refractivity contribution in [1.29, 1.82) is 0 Å². The van der Waals surface area contributed by atoms with Crippen molar-refractivity contribution in [2.45, 2.75) is 0 Å². The van der Waals surface area contributed by atoms with Crippen molar-refractivity contribution in [1.82, 2.24) is 4.57 Å². The van der Waals surface area contributed by atoms with Crippen molar-refractivity contribution in [3.05, 3.63) is 231 Å². The van der Waals surface area contributed by atoms with Gasteiger partial charge < -0.3 is 13.9 Å². The first-order chi connectivity index (χ1) is 30.3. The molecule has 0 amide bonds. The fraction of sp³-hybridized carbons (Fsp3) is 0. The molecule has 12 rings (SSSR count). The molecule has 0 spiro atoms.